The molecule has 0 saturated carbocycles. The van der Waals surface area contributed by atoms with Crippen molar-refractivity contribution in [2.24, 2.45) is 0 Å². The summed E-state index contributed by atoms with van der Waals surface area (Å²) < 4.78 is 15.6. The molecule has 5 heteroatoms. The lowest BCUT2D eigenvalue weighted by Crippen LogP contribution is -2.54. The first-order chi connectivity index (χ1) is 10.1. The van der Waals surface area contributed by atoms with E-state index in [2.05, 4.69) is 5.32 Å². The first kappa shape index (κ1) is 17.5. The highest BCUT2D eigenvalue weighted by Gasteiger charge is 2.34. The van der Waals surface area contributed by atoms with Gasteiger partial charge in [-0.1, -0.05) is 19.1 Å². The van der Waals surface area contributed by atoms with Crippen LogP contribution >= 0.6 is 0 Å². The molecule has 1 N–H and O–H groups in total. The highest BCUT2D eigenvalue weighted by atomic mass is 16.5. The summed E-state index contributed by atoms with van der Waals surface area (Å²) in [7, 11) is 3.06. The summed E-state index contributed by atoms with van der Waals surface area (Å²) in [5.41, 5.74) is 0.338. The molecule has 0 heterocycles. The number of carbonyl (C=O) groups excluding carboxylic acids is 1. The molecule has 0 aromatic heterocycles. The van der Waals surface area contributed by atoms with Gasteiger partial charge in [-0.3, -0.25) is 5.32 Å². The molecule has 0 radical (unpaired) electrons. The Labute approximate surface area is 126 Å². The Bertz CT molecular complexity index is 432. The van der Waals surface area contributed by atoms with Crippen molar-refractivity contribution in [3.63, 3.8) is 0 Å². The van der Waals surface area contributed by atoms with Crippen molar-refractivity contribution in [2.75, 3.05) is 34.0 Å². The van der Waals surface area contributed by atoms with Crippen LogP contribution in [0.4, 0.5) is 0 Å². The van der Waals surface area contributed by atoms with Crippen LogP contribution in [0.25, 0.3) is 0 Å². The molecule has 0 bridgehead atoms. The van der Waals surface area contributed by atoms with Crippen LogP contribution in [-0.2, 0) is 20.7 Å². The zero-order valence-electron chi connectivity index (χ0n) is 13.3. The van der Waals surface area contributed by atoms with Gasteiger partial charge in [0.05, 0.1) is 13.7 Å². The van der Waals surface area contributed by atoms with Crippen LogP contribution in [0.2, 0.25) is 0 Å². The Morgan fingerprint density at radius 2 is 1.90 bits per heavy atom. The summed E-state index contributed by atoms with van der Waals surface area (Å²) in [6.07, 6.45) is 0.869. The fourth-order valence-corrected chi connectivity index (χ4v) is 2.00. The van der Waals surface area contributed by atoms with Gasteiger partial charge in [-0.25, -0.2) is 4.79 Å². The molecular formula is C16H25NO4. The van der Waals surface area contributed by atoms with Gasteiger partial charge in [0, 0.05) is 7.11 Å². The summed E-state index contributed by atoms with van der Waals surface area (Å²) in [6.45, 7) is 5.28. The number of methoxy groups -OCH3 is 2. The highest BCUT2D eigenvalue weighted by molar-refractivity contribution is 5.80. The molecule has 0 spiro atoms. The number of ether oxygens (including phenoxy) is 3. The van der Waals surface area contributed by atoms with Gasteiger partial charge in [-0.05, 0) is 37.6 Å². The van der Waals surface area contributed by atoms with Crippen LogP contribution in [0.5, 0.6) is 5.75 Å². The van der Waals surface area contributed by atoms with Crippen molar-refractivity contribution in [1.82, 2.24) is 5.32 Å². The minimum atomic E-state index is -0.849. The predicted molar refractivity (Wildman–Crippen MR) is 81.6 cm³/mol. The molecule has 21 heavy (non-hydrogen) atoms. The van der Waals surface area contributed by atoms with Crippen LogP contribution in [0.3, 0.4) is 0 Å². The number of likely N-dealkylation sites (N-methyl/N-ethyl adjacent to an activating group) is 1. The van der Waals surface area contributed by atoms with E-state index in [-0.39, 0.29) is 12.6 Å². The minimum absolute atomic E-state index is 0.213. The Balaban J connectivity index is 2.61. The summed E-state index contributed by atoms with van der Waals surface area (Å²) in [4.78, 5) is 11.8. The average molecular weight is 295 g/mol. The smallest absolute Gasteiger partial charge is 0.329 e. The Morgan fingerprint density at radius 3 is 2.43 bits per heavy atom. The summed E-state index contributed by atoms with van der Waals surface area (Å²) in [5, 5.41) is 3.10. The molecule has 1 aromatic rings. The van der Waals surface area contributed by atoms with Crippen molar-refractivity contribution in [3.8, 4) is 5.75 Å². The molecule has 5 nitrogen and oxygen atoms in total. The third-order valence-corrected chi connectivity index (χ3v) is 3.25. The van der Waals surface area contributed by atoms with Crippen LogP contribution in [0, 0.1) is 0 Å². The van der Waals surface area contributed by atoms with Crippen molar-refractivity contribution in [2.45, 2.75) is 25.8 Å². The number of carbonyl (C=O) groups is 1. The van der Waals surface area contributed by atoms with Gasteiger partial charge in [0.25, 0.3) is 0 Å². The summed E-state index contributed by atoms with van der Waals surface area (Å²) >= 11 is 0. The maximum atomic E-state index is 11.8. The lowest BCUT2D eigenvalue weighted by molar-refractivity contribution is -0.149. The third kappa shape index (κ3) is 5.36. The first-order valence-corrected chi connectivity index (χ1v) is 7.10. The first-order valence-electron chi connectivity index (χ1n) is 7.10. The zero-order valence-corrected chi connectivity index (χ0v) is 13.3. The standard InChI is InChI=1S/C16H25NO4/c1-5-17-16(2,15(18)20-4)12-21-14-8-6-13(7-9-14)10-11-19-3/h6-9,17H,5,10-12H2,1-4H3. The summed E-state index contributed by atoms with van der Waals surface area (Å²) in [6, 6.07) is 7.79. The SMILES string of the molecule is CCNC(C)(COc1ccc(CCOC)cc1)C(=O)OC. The number of hydrogen-bond acceptors (Lipinski definition) is 5. The normalized spacial score (nSPS) is 13.5. The Kier molecular flexibility index (Phi) is 7.19. The topological polar surface area (TPSA) is 56.8 Å². The van der Waals surface area contributed by atoms with Crippen LogP contribution in [-0.4, -0.2) is 45.5 Å². The molecule has 0 saturated heterocycles. The average Bonchev–Trinajstić information content (AvgIpc) is 2.51. The lowest BCUT2D eigenvalue weighted by Gasteiger charge is -2.27. The second-order valence-electron chi connectivity index (χ2n) is 5.03. The molecule has 1 aromatic carbocycles. The van der Waals surface area contributed by atoms with Gasteiger partial charge < -0.3 is 14.2 Å². The molecule has 0 aliphatic rings. The van der Waals surface area contributed by atoms with E-state index in [1.807, 2.05) is 31.2 Å². The van der Waals surface area contributed by atoms with Gasteiger partial charge in [0.2, 0.25) is 0 Å². The number of rotatable bonds is 9. The van der Waals surface area contributed by atoms with Gasteiger partial charge in [0.15, 0.2) is 0 Å². The van der Waals surface area contributed by atoms with Crippen LogP contribution < -0.4 is 10.1 Å². The monoisotopic (exact) mass is 295 g/mol. The van der Waals surface area contributed by atoms with E-state index < -0.39 is 5.54 Å². The molecule has 118 valence electrons. The van der Waals surface area contributed by atoms with Crippen LogP contribution in [0.15, 0.2) is 24.3 Å². The van der Waals surface area contributed by atoms with E-state index in [9.17, 15) is 4.79 Å². The number of esters is 1. The molecule has 1 unspecified atom stereocenters. The van der Waals surface area contributed by atoms with E-state index in [4.69, 9.17) is 14.2 Å². The third-order valence-electron chi connectivity index (χ3n) is 3.25. The molecule has 0 amide bonds. The number of hydrogen-bond donors (Lipinski definition) is 1. The quantitative estimate of drug-likeness (QED) is 0.704. The Hall–Kier alpha value is -1.59. The van der Waals surface area contributed by atoms with E-state index in [1.54, 1.807) is 14.0 Å². The molecular weight excluding hydrogens is 270 g/mol. The van der Waals surface area contributed by atoms with Gasteiger partial charge in [-0.2, -0.15) is 0 Å². The largest absolute Gasteiger partial charge is 0.491 e. The second kappa shape index (κ2) is 8.64. The van der Waals surface area contributed by atoms with Gasteiger partial charge in [0.1, 0.15) is 17.9 Å². The second-order valence-corrected chi connectivity index (χ2v) is 5.03. The van der Waals surface area contributed by atoms with Crippen LogP contribution in [0.1, 0.15) is 19.4 Å². The predicted octanol–water partition coefficient (Wildman–Crippen LogP) is 1.80. The van der Waals surface area contributed by atoms with E-state index >= 15 is 0 Å². The van der Waals surface area contributed by atoms with E-state index in [1.165, 1.54) is 12.7 Å². The van der Waals surface area contributed by atoms with Gasteiger partial charge >= 0.3 is 5.97 Å². The molecule has 1 rings (SSSR count). The van der Waals surface area contributed by atoms with Crippen molar-refractivity contribution < 1.29 is 19.0 Å². The van der Waals surface area contributed by atoms with E-state index in [0.717, 1.165) is 12.2 Å². The molecule has 0 aliphatic carbocycles. The van der Waals surface area contributed by atoms with E-state index in [0.29, 0.717) is 13.2 Å². The maximum absolute atomic E-state index is 11.8. The number of benzene rings is 1. The van der Waals surface area contributed by atoms with Gasteiger partial charge in [-0.15, -0.1) is 0 Å². The van der Waals surface area contributed by atoms with Crippen molar-refractivity contribution in [1.29, 1.82) is 0 Å². The lowest BCUT2D eigenvalue weighted by atomic mass is 10.0. The number of nitrogens with one attached hydrogen (secondary N) is 1. The minimum Gasteiger partial charge on any atom is -0.491 e. The fraction of sp³-hybridized carbons (Fsp3) is 0.562. The summed E-state index contributed by atoms with van der Waals surface area (Å²) in [5.74, 6) is 0.394. The Morgan fingerprint density at radius 1 is 1.24 bits per heavy atom. The zero-order chi connectivity index (χ0) is 15.7. The fourth-order valence-electron chi connectivity index (χ4n) is 2.00. The molecule has 0 aliphatic heterocycles. The maximum Gasteiger partial charge on any atom is 0.329 e. The molecule has 1 atom stereocenters. The van der Waals surface area contributed by atoms with Crippen molar-refractivity contribution in [3.05, 3.63) is 29.8 Å². The highest BCUT2D eigenvalue weighted by Crippen LogP contribution is 2.15. The van der Waals surface area contributed by atoms with Crippen molar-refractivity contribution >= 4 is 5.97 Å². The molecule has 0 fully saturated rings.